The summed E-state index contributed by atoms with van der Waals surface area (Å²) in [5, 5.41) is 0. The van der Waals surface area contributed by atoms with Crippen LogP contribution in [0.15, 0.2) is 218 Å². The second kappa shape index (κ2) is 23.1. The molecule has 5 aliphatic heterocycles. The summed E-state index contributed by atoms with van der Waals surface area (Å²) < 4.78 is 151. The molecule has 108 heavy (non-hydrogen) atoms. The molecule has 0 spiro atoms. The van der Waals surface area contributed by atoms with Crippen LogP contribution in [-0.4, -0.2) is 86.4 Å². The summed E-state index contributed by atoms with van der Waals surface area (Å²) in [7, 11) is 4.01. The Hall–Kier alpha value is -13.8. The average Bonchev–Trinajstić information content (AvgIpc) is 2.16. The molecule has 5 aliphatic rings. The molecule has 1 aromatic carbocycles. The van der Waals surface area contributed by atoms with E-state index in [4.69, 9.17) is 25.0 Å². The van der Waals surface area contributed by atoms with Crippen LogP contribution in [-0.2, 0) is 81.7 Å². The first-order valence-electron chi connectivity index (χ1n) is 42.2. The second-order valence-corrected chi connectivity index (χ2v) is 27.9. The SMILES string of the molecule is C[n+]1c2n(c3c4ncccc4sc31)Cc1ncccc1-2.[2H]C([2H])([2H])[n+]1c2n(c3c4ncccc4n(-c4ccccc4)c31)Cc1ncccc1-2.[2H]C([2H])([2H])[n+]1c2n(c3c4ncccc4n(C)c31)Cc1ncccc1-2.[2H]C([2H])([2H])[n+]1c2n(c3c4ncccc4oc31)Cc1ncccc1-2.[2H]C([2H])([2H])n1c2cccnc2c2c1[n+](C([2H])([2H])[2H])c1n2Cc2ncccc2-1. The van der Waals surface area contributed by atoms with Crippen molar-refractivity contribution in [2.45, 2.75) is 32.7 Å². The van der Waals surface area contributed by atoms with Gasteiger partial charge in [-0.05, 0) is 133 Å². The number of thiophene rings is 1. The fourth-order valence-electron chi connectivity index (χ4n) is 16.8. The number of furan rings is 1. The summed E-state index contributed by atoms with van der Waals surface area (Å²) >= 11 is 1.81. The minimum Gasteiger partial charge on any atom is -0.417 e. The third-order valence-corrected chi connectivity index (χ3v) is 22.4. The van der Waals surface area contributed by atoms with E-state index in [2.05, 4.69) is 78.2 Å². The van der Waals surface area contributed by atoms with Gasteiger partial charge in [0.05, 0.1) is 131 Å². The van der Waals surface area contributed by atoms with Crippen LogP contribution in [0.5, 0.6) is 0 Å². The van der Waals surface area contributed by atoms with Crippen molar-refractivity contribution in [3.63, 3.8) is 0 Å². The van der Waals surface area contributed by atoms with Crippen LogP contribution in [0, 0.1) is 0 Å². The van der Waals surface area contributed by atoms with E-state index < -0.39 is 34.9 Å². The normalized spacial score (nSPS) is 15.6. The third kappa shape index (κ3) is 8.51. The molecular weight excluding hydrogens is 1370 g/mol. The maximum Gasteiger partial charge on any atom is 0.340 e. The highest BCUT2D eigenvalue weighted by Crippen LogP contribution is 2.43. The summed E-state index contributed by atoms with van der Waals surface area (Å²) in [6, 6.07) is 47.4. The topological polar surface area (TPSA) is 201 Å². The van der Waals surface area contributed by atoms with E-state index in [9.17, 15) is 0 Å². The quantitative estimate of drug-likeness (QED) is 0.142. The molecule has 0 radical (unpaired) electrons. The second-order valence-electron chi connectivity index (χ2n) is 26.8. The van der Waals surface area contributed by atoms with Gasteiger partial charge in [0.15, 0.2) is 11.1 Å². The highest BCUT2D eigenvalue weighted by atomic mass is 32.1. The molecule has 0 atom stereocenters. The first-order chi connectivity index (χ1) is 59.1. The molecule has 0 fully saturated rings. The number of nitrogens with zero attached hydrogens (tertiary/aromatic N) is 23. The molecule has 25 heterocycles. The van der Waals surface area contributed by atoms with Crippen molar-refractivity contribution in [1.82, 2.24) is 86.4 Å². The number of fused-ring (bicyclic) bond motifs is 35. The molecule has 26 rings (SSSR count). The van der Waals surface area contributed by atoms with Gasteiger partial charge in [0.2, 0.25) is 49.9 Å². The fourth-order valence-corrected chi connectivity index (χ4v) is 17.9. The van der Waals surface area contributed by atoms with Gasteiger partial charge < -0.3 is 4.42 Å². The van der Waals surface area contributed by atoms with Crippen molar-refractivity contribution < 1.29 is 47.8 Å². The van der Waals surface area contributed by atoms with E-state index in [-0.39, 0.29) is 5.65 Å². The van der Waals surface area contributed by atoms with Gasteiger partial charge >= 0.3 is 5.71 Å². The highest BCUT2D eigenvalue weighted by molar-refractivity contribution is 7.25. The lowest BCUT2D eigenvalue weighted by molar-refractivity contribution is -0.640. The molecule has 20 aromatic heterocycles. The molecule has 0 N–H and O–H groups in total. The lowest BCUT2D eigenvalue weighted by atomic mass is 10.2. The van der Waals surface area contributed by atoms with Crippen LogP contribution >= 0.6 is 11.3 Å². The molecule has 0 saturated carbocycles. The van der Waals surface area contributed by atoms with E-state index in [1.807, 2.05) is 145 Å². The van der Waals surface area contributed by atoms with Crippen LogP contribution in [0.1, 0.15) is 49.0 Å². The Bertz CT molecular complexity index is 8050. The summed E-state index contributed by atoms with van der Waals surface area (Å²) in [4.78, 5) is 45.9. The Morgan fingerprint density at radius 2 is 0.731 bits per heavy atom. The Balaban J connectivity index is 0.0000000921. The molecule has 0 unspecified atom stereocenters. The number of hydrogen-bond acceptors (Lipinski definition) is 12. The molecular formula is C83H66N23OS+5. The Labute approximate surface area is 638 Å². The van der Waals surface area contributed by atoms with Gasteiger partial charge in [-0.25, -0.2) is 65.6 Å². The fraction of sp³-hybridized carbons (Fsp3) is 0.145. The van der Waals surface area contributed by atoms with Gasteiger partial charge in [-0.1, -0.05) is 29.5 Å². The lowest BCUT2D eigenvalue weighted by Gasteiger charge is -2.03. The molecule has 0 aliphatic carbocycles. The summed E-state index contributed by atoms with van der Waals surface area (Å²) in [5.41, 5.74) is 22.2. The summed E-state index contributed by atoms with van der Waals surface area (Å²) in [6.07, 6.45) is 17.3. The highest BCUT2D eigenvalue weighted by Gasteiger charge is 2.42. The van der Waals surface area contributed by atoms with Crippen molar-refractivity contribution in [2.75, 3.05) is 0 Å². The minimum atomic E-state index is -2.58. The van der Waals surface area contributed by atoms with Gasteiger partial charge in [0.1, 0.15) is 77.0 Å². The zero-order valence-corrected chi connectivity index (χ0v) is 58.2. The van der Waals surface area contributed by atoms with Crippen molar-refractivity contribution in [3.05, 3.63) is 242 Å². The van der Waals surface area contributed by atoms with Crippen molar-refractivity contribution in [2.24, 2.45) is 49.0 Å². The van der Waals surface area contributed by atoms with E-state index in [1.165, 1.54) is 40.1 Å². The smallest absolute Gasteiger partial charge is 0.340 e. The number of hydrogen-bond donors (Lipinski definition) is 0. The predicted molar refractivity (Wildman–Crippen MR) is 411 cm³/mol. The largest absolute Gasteiger partial charge is 0.417 e. The van der Waals surface area contributed by atoms with Crippen LogP contribution in [0.2, 0.25) is 0 Å². The zero-order valence-electron chi connectivity index (χ0n) is 72.3. The molecule has 24 nitrogen and oxygen atoms in total. The number of aryl methyl sites for hydroxylation is 7. The van der Waals surface area contributed by atoms with Gasteiger partial charge in [-0.2, -0.15) is 4.57 Å². The standard InChI is InChI=1S/C21H16N5.2C16H14N5.C15H11N4O.C15H11N4S/c1-24-20-15-9-5-11-22-16(15)13-25(20)19-18-17(10-6-12-23-18)26(21(19)24)14-7-3-2-4-8-14;2*1-19-12-6-4-8-18-13(12)14-16(19)20(2)15-10-5-3-7-17-11(10)9-21(14)15;2*1-18-14-9-4-2-6-16-10(9)8-19(14)13-12-11(20-15(13)18)5-3-7-17-12/h2-12H,13H2,1H3;2*3-8H,9H2,1-2H3;2*2-7H,8H2,1H3/q5*+1/i1D3;1D3,2D3;2D3;1D3;. The van der Waals surface area contributed by atoms with Gasteiger partial charge in [0, 0.05) is 62.0 Å². The van der Waals surface area contributed by atoms with Crippen molar-refractivity contribution in [3.8, 4) is 62.6 Å². The summed E-state index contributed by atoms with van der Waals surface area (Å²) in [6.45, 7) is -9.36. The maximum atomic E-state index is 8.34. The third-order valence-electron chi connectivity index (χ3n) is 21.2. The van der Waals surface area contributed by atoms with E-state index in [1.54, 1.807) is 102 Å². The number of para-hydroxylation sites is 1. The van der Waals surface area contributed by atoms with Crippen molar-refractivity contribution in [1.29, 1.82) is 0 Å². The van der Waals surface area contributed by atoms with Crippen molar-refractivity contribution >= 4 is 121 Å². The number of imidazole rings is 5. The first-order valence-corrected chi connectivity index (χ1v) is 35.6. The number of aromatic nitrogens is 23. The zero-order chi connectivity index (χ0) is 84.6. The van der Waals surface area contributed by atoms with Crippen LogP contribution in [0.4, 0.5) is 0 Å². The van der Waals surface area contributed by atoms with Gasteiger partial charge in [-0.3, -0.25) is 39.0 Å². The average molecular weight is 1450 g/mol. The molecule has 0 amide bonds. The minimum absolute atomic E-state index is 0.119. The van der Waals surface area contributed by atoms with Gasteiger partial charge in [-0.15, -0.1) is 0 Å². The van der Waals surface area contributed by atoms with Gasteiger partial charge in [0.25, 0.3) is 28.6 Å². The molecule has 21 aromatic rings. The monoisotopic (exact) mass is 1450 g/mol. The van der Waals surface area contributed by atoms with E-state index in [0.29, 0.717) is 105 Å². The Morgan fingerprint density at radius 1 is 0.352 bits per heavy atom. The molecule has 0 saturated heterocycles. The Kier molecular flexibility index (Phi) is 10.3. The first kappa shape index (κ1) is 48.3. The maximum absolute atomic E-state index is 8.34. The van der Waals surface area contributed by atoms with Crippen LogP contribution < -0.4 is 22.8 Å². The predicted octanol–water partition coefficient (Wildman–Crippen LogP) is 11.3. The lowest BCUT2D eigenvalue weighted by Crippen LogP contribution is -2.31. The molecule has 520 valence electrons. The van der Waals surface area contributed by atoms with E-state index >= 15 is 0 Å². The molecule has 0 bridgehead atoms. The number of rotatable bonds is 1. The number of benzene rings is 1. The summed E-state index contributed by atoms with van der Waals surface area (Å²) in [5.74, 6) is 3.58. The van der Waals surface area contributed by atoms with Crippen LogP contribution in [0.25, 0.3) is 172 Å². The molecule has 25 heteroatoms. The number of pyridine rings is 10. The van der Waals surface area contributed by atoms with Crippen LogP contribution in [0.3, 0.4) is 0 Å². The van der Waals surface area contributed by atoms with E-state index in [0.717, 1.165) is 105 Å². The Morgan fingerprint density at radius 3 is 1.24 bits per heavy atom.